The van der Waals surface area contributed by atoms with E-state index in [1.54, 1.807) is 0 Å². The Kier molecular flexibility index (Phi) is 5.02. The largest absolute Gasteiger partial charge is 0.486 e. The van der Waals surface area contributed by atoms with E-state index < -0.39 is 6.61 Å². The van der Waals surface area contributed by atoms with Crippen molar-refractivity contribution >= 4 is 5.91 Å². The van der Waals surface area contributed by atoms with Crippen LogP contribution in [0.5, 0.6) is 17.2 Å². The maximum Gasteiger partial charge on any atom is 0.387 e. The fourth-order valence-electron chi connectivity index (χ4n) is 2.48. The van der Waals surface area contributed by atoms with Crippen LogP contribution in [0.4, 0.5) is 8.78 Å². The highest BCUT2D eigenvalue weighted by Gasteiger charge is 2.16. The second kappa shape index (κ2) is 7.38. The Bertz CT molecular complexity index is 749. The third kappa shape index (κ3) is 4.17. The van der Waals surface area contributed by atoms with E-state index in [-0.39, 0.29) is 17.7 Å². The minimum absolute atomic E-state index is 0.00596. The number of amides is 1. The molecule has 0 saturated heterocycles. The van der Waals surface area contributed by atoms with Gasteiger partial charge in [0.15, 0.2) is 11.5 Å². The van der Waals surface area contributed by atoms with Crippen molar-refractivity contribution in [3.8, 4) is 17.2 Å². The van der Waals surface area contributed by atoms with Gasteiger partial charge in [-0.05, 0) is 48.9 Å². The molecular formula is C18H17F2NO4. The molecule has 1 aliphatic rings. The number of hydrogen-bond acceptors (Lipinski definition) is 4. The van der Waals surface area contributed by atoms with Gasteiger partial charge >= 0.3 is 6.61 Å². The molecule has 2 aromatic rings. The molecule has 1 aliphatic heterocycles. The first-order chi connectivity index (χ1) is 12.0. The summed E-state index contributed by atoms with van der Waals surface area (Å²) in [5.74, 6) is 1.03. The Morgan fingerprint density at radius 1 is 1.08 bits per heavy atom. The molecule has 0 saturated carbocycles. The normalized spacial score (nSPS) is 14.1. The lowest BCUT2D eigenvalue weighted by atomic mass is 10.1. The molecule has 0 fully saturated rings. The van der Waals surface area contributed by atoms with Crippen molar-refractivity contribution in [2.75, 3.05) is 13.2 Å². The summed E-state index contributed by atoms with van der Waals surface area (Å²) in [6.45, 7) is -0.0407. The fourth-order valence-corrected chi connectivity index (χ4v) is 2.48. The molecule has 0 bridgehead atoms. The van der Waals surface area contributed by atoms with Gasteiger partial charge in [0.2, 0.25) is 0 Å². The minimum Gasteiger partial charge on any atom is -0.486 e. The maximum absolute atomic E-state index is 12.3. The lowest BCUT2D eigenvalue weighted by Gasteiger charge is -2.21. The number of hydrogen-bond donors (Lipinski definition) is 1. The third-order valence-electron chi connectivity index (χ3n) is 3.76. The Morgan fingerprint density at radius 2 is 1.76 bits per heavy atom. The highest BCUT2D eigenvalue weighted by molar-refractivity contribution is 5.94. The second-order valence-electron chi connectivity index (χ2n) is 5.50. The Labute approximate surface area is 143 Å². The van der Waals surface area contributed by atoms with Crippen LogP contribution in [-0.4, -0.2) is 25.7 Å². The van der Waals surface area contributed by atoms with Gasteiger partial charge in [-0.1, -0.05) is 6.07 Å². The number of fused-ring (bicyclic) bond motifs is 1. The third-order valence-corrected chi connectivity index (χ3v) is 3.76. The number of alkyl halides is 2. The summed E-state index contributed by atoms with van der Waals surface area (Å²) in [5.41, 5.74) is 1.22. The predicted molar refractivity (Wildman–Crippen MR) is 86.4 cm³/mol. The second-order valence-corrected chi connectivity index (χ2v) is 5.50. The van der Waals surface area contributed by atoms with E-state index in [0.717, 1.165) is 5.56 Å². The number of carbonyl (C=O) groups excluding carboxylic acids is 1. The zero-order valence-corrected chi connectivity index (χ0v) is 13.5. The number of ether oxygens (including phenoxy) is 3. The van der Waals surface area contributed by atoms with Gasteiger partial charge in [-0.25, -0.2) is 0 Å². The molecule has 132 valence electrons. The summed E-state index contributed by atoms with van der Waals surface area (Å²) in [4.78, 5) is 12.3. The average molecular weight is 349 g/mol. The highest BCUT2D eigenvalue weighted by atomic mass is 19.3. The first-order valence-corrected chi connectivity index (χ1v) is 7.78. The molecule has 1 unspecified atom stereocenters. The van der Waals surface area contributed by atoms with E-state index in [1.807, 2.05) is 25.1 Å². The Morgan fingerprint density at radius 3 is 2.44 bits per heavy atom. The molecule has 0 spiro atoms. The molecule has 0 aromatic heterocycles. The molecule has 0 aliphatic carbocycles. The van der Waals surface area contributed by atoms with Crippen molar-refractivity contribution in [3.63, 3.8) is 0 Å². The number of rotatable bonds is 5. The topological polar surface area (TPSA) is 56.8 Å². The zero-order valence-electron chi connectivity index (χ0n) is 13.5. The molecule has 0 radical (unpaired) electrons. The van der Waals surface area contributed by atoms with Crippen LogP contribution in [0, 0.1) is 0 Å². The van der Waals surface area contributed by atoms with Gasteiger partial charge in [0.05, 0.1) is 6.04 Å². The molecular weight excluding hydrogens is 332 g/mol. The van der Waals surface area contributed by atoms with Crippen LogP contribution in [0.1, 0.15) is 28.9 Å². The molecule has 2 aromatic carbocycles. The smallest absolute Gasteiger partial charge is 0.387 e. The molecule has 3 rings (SSSR count). The van der Waals surface area contributed by atoms with E-state index in [4.69, 9.17) is 9.47 Å². The van der Waals surface area contributed by atoms with Crippen molar-refractivity contribution in [2.45, 2.75) is 19.6 Å². The molecule has 1 amide bonds. The van der Waals surface area contributed by atoms with Crippen LogP contribution in [-0.2, 0) is 0 Å². The van der Waals surface area contributed by atoms with Gasteiger partial charge in [-0.3, -0.25) is 4.79 Å². The van der Waals surface area contributed by atoms with Crippen molar-refractivity contribution in [2.24, 2.45) is 0 Å². The Balaban J connectivity index is 1.66. The fraction of sp³-hybridized carbons (Fsp3) is 0.278. The van der Waals surface area contributed by atoms with Gasteiger partial charge in [-0.2, -0.15) is 8.78 Å². The summed E-state index contributed by atoms with van der Waals surface area (Å²) in [5, 5.41) is 2.86. The number of halogens is 2. The Hall–Kier alpha value is -2.83. The molecule has 7 heteroatoms. The lowest BCUT2D eigenvalue weighted by Crippen LogP contribution is -2.26. The van der Waals surface area contributed by atoms with Crippen molar-refractivity contribution in [3.05, 3.63) is 53.6 Å². The molecule has 5 nitrogen and oxygen atoms in total. The SMILES string of the molecule is CC(NC(=O)c1ccc(OC(F)F)cc1)c1ccc2c(c1)OCCO2. The van der Waals surface area contributed by atoms with Crippen molar-refractivity contribution < 1.29 is 27.8 Å². The average Bonchev–Trinajstić information content (AvgIpc) is 2.61. The van der Waals surface area contributed by atoms with Crippen molar-refractivity contribution in [1.82, 2.24) is 5.32 Å². The van der Waals surface area contributed by atoms with Gasteiger partial charge in [-0.15, -0.1) is 0 Å². The van der Waals surface area contributed by atoms with E-state index >= 15 is 0 Å². The van der Waals surface area contributed by atoms with Crippen LogP contribution in [0.2, 0.25) is 0 Å². The number of carbonyl (C=O) groups is 1. The molecule has 1 heterocycles. The standard InChI is InChI=1S/C18H17F2NO4/c1-11(13-4-7-15-16(10-13)24-9-8-23-15)21-17(22)12-2-5-14(6-3-12)25-18(19)20/h2-7,10-11,18H,8-9H2,1H3,(H,21,22). The van der Waals surface area contributed by atoms with E-state index in [0.29, 0.717) is 30.3 Å². The predicted octanol–water partition coefficient (Wildman–Crippen LogP) is 3.55. The number of benzene rings is 2. The van der Waals surface area contributed by atoms with Crippen LogP contribution in [0.25, 0.3) is 0 Å². The summed E-state index contributed by atoms with van der Waals surface area (Å²) in [6, 6.07) is 10.8. The number of nitrogens with one attached hydrogen (secondary N) is 1. The monoisotopic (exact) mass is 349 g/mol. The lowest BCUT2D eigenvalue weighted by molar-refractivity contribution is -0.0498. The summed E-state index contributed by atoms with van der Waals surface area (Å²) >= 11 is 0. The van der Waals surface area contributed by atoms with Crippen LogP contribution < -0.4 is 19.5 Å². The van der Waals surface area contributed by atoms with E-state index in [2.05, 4.69) is 10.1 Å². The van der Waals surface area contributed by atoms with Gasteiger partial charge in [0.25, 0.3) is 5.91 Å². The highest BCUT2D eigenvalue weighted by Crippen LogP contribution is 2.32. The van der Waals surface area contributed by atoms with Crippen molar-refractivity contribution in [1.29, 1.82) is 0 Å². The van der Waals surface area contributed by atoms with Gasteiger partial charge in [0, 0.05) is 5.56 Å². The van der Waals surface area contributed by atoms with Crippen LogP contribution in [0.15, 0.2) is 42.5 Å². The summed E-state index contributed by atoms with van der Waals surface area (Å²) in [7, 11) is 0. The van der Waals surface area contributed by atoms with Crippen LogP contribution >= 0.6 is 0 Å². The summed E-state index contributed by atoms with van der Waals surface area (Å²) < 4.78 is 39.5. The first-order valence-electron chi connectivity index (χ1n) is 7.78. The first kappa shape index (κ1) is 17.0. The van der Waals surface area contributed by atoms with Gasteiger partial charge < -0.3 is 19.5 Å². The van der Waals surface area contributed by atoms with Crippen LogP contribution in [0.3, 0.4) is 0 Å². The maximum atomic E-state index is 12.3. The molecule has 1 N–H and O–H groups in total. The quantitative estimate of drug-likeness (QED) is 0.897. The summed E-state index contributed by atoms with van der Waals surface area (Å²) in [6.07, 6.45) is 0. The van der Waals surface area contributed by atoms with Gasteiger partial charge in [0.1, 0.15) is 19.0 Å². The van der Waals surface area contributed by atoms with E-state index in [1.165, 1.54) is 24.3 Å². The van der Waals surface area contributed by atoms with E-state index in [9.17, 15) is 13.6 Å². The molecule has 1 atom stereocenters. The minimum atomic E-state index is -2.89. The zero-order chi connectivity index (χ0) is 17.8. The molecule has 25 heavy (non-hydrogen) atoms.